The number of hydrogen-bond donors (Lipinski definition) is 2. The number of nitrogens with one attached hydrogen (secondary N) is 1. The molecular weight excluding hydrogens is 468 g/mol. The molecule has 0 radical (unpaired) electrons. The van der Waals surface area contributed by atoms with Gasteiger partial charge in [-0.25, -0.2) is 0 Å². The molecule has 2 unspecified atom stereocenters. The van der Waals surface area contributed by atoms with Crippen LogP contribution in [-0.2, 0) is 10.2 Å². The lowest BCUT2D eigenvalue weighted by molar-refractivity contribution is -0.104. The molecule has 0 amide bonds. The Balaban J connectivity index is 0.000000360. The Labute approximate surface area is 229 Å². The van der Waals surface area contributed by atoms with Crippen LogP contribution in [0.15, 0.2) is 42.0 Å². The summed E-state index contributed by atoms with van der Waals surface area (Å²) in [5.41, 5.74) is 6.23. The van der Waals surface area contributed by atoms with E-state index in [-0.39, 0.29) is 5.41 Å². The first-order valence-corrected chi connectivity index (χ1v) is 14.5. The average Bonchev–Trinajstić information content (AvgIpc) is 3.41. The van der Waals surface area contributed by atoms with E-state index in [9.17, 15) is 9.90 Å². The molecule has 4 nitrogen and oxygen atoms in total. The van der Waals surface area contributed by atoms with Gasteiger partial charge in [-0.05, 0) is 141 Å². The highest BCUT2D eigenvalue weighted by molar-refractivity contribution is 5.82. The molecule has 2 aromatic rings. The molecule has 3 aliphatic rings. The van der Waals surface area contributed by atoms with E-state index >= 15 is 0 Å². The zero-order valence-electron chi connectivity index (χ0n) is 24.0. The van der Waals surface area contributed by atoms with Gasteiger partial charge in [0, 0.05) is 18.7 Å². The fourth-order valence-corrected chi connectivity index (χ4v) is 7.54. The van der Waals surface area contributed by atoms with E-state index in [1.807, 2.05) is 39.0 Å². The smallest absolute Gasteiger partial charge is 0.145 e. The maximum atomic E-state index is 11.2. The van der Waals surface area contributed by atoms with Crippen LogP contribution in [0.5, 0.6) is 5.75 Å². The Kier molecular flexibility index (Phi) is 8.80. The van der Waals surface area contributed by atoms with Crippen LogP contribution in [0.2, 0.25) is 0 Å². The van der Waals surface area contributed by atoms with Gasteiger partial charge in [-0.3, -0.25) is 10.2 Å². The number of benzene rings is 2. The summed E-state index contributed by atoms with van der Waals surface area (Å²) >= 11 is 0. The van der Waals surface area contributed by atoms with Crippen LogP contribution in [0, 0.1) is 30.1 Å². The number of amidine groups is 1. The molecule has 0 spiro atoms. The lowest BCUT2D eigenvalue weighted by Gasteiger charge is -2.50. The fourth-order valence-electron chi connectivity index (χ4n) is 7.54. The van der Waals surface area contributed by atoms with Gasteiger partial charge in [0.1, 0.15) is 12.0 Å². The monoisotopic (exact) mass is 514 g/mol. The Bertz CT molecular complexity index is 1170. The number of allylic oxidation sites excluding steroid dienone is 1. The zero-order chi connectivity index (χ0) is 27.4. The predicted molar refractivity (Wildman–Crippen MR) is 159 cm³/mol. The van der Waals surface area contributed by atoms with Gasteiger partial charge in [0.05, 0.1) is 5.84 Å². The van der Waals surface area contributed by atoms with Crippen LogP contribution in [0.1, 0.15) is 89.3 Å². The van der Waals surface area contributed by atoms with Crippen LogP contribution in [0.25, 0.3) is 17.2 Å². The second kappa shape index (κ2) is 11.9. The number of nitrogens with zero attached hydrogens (tertiary/aromatic N) is 1. The van der Waals surface area contributed by atoms with Gasteiger partial charge in [-0.15, -0.1) is 0 Å². The molecule has 1 saturated heterocycles. The van der Waals surface area contributed by atoms with Gasteiger partial charge in [0.15, 0.2) is 0 Å². The van der Waals surface area contributed by atoms with Crippen molar-refractivity contribution in [2.45, 2.75) is 85.0 Å². The highest BCUT2D eigenvalue weighted by Crippen LogP contribution is 2.56. The minimum absolute atomic E-state index is 0.0937. The molecule has 2 N–H and O–H groups in total. The molecule has 4 heteroatoms. The first-order chi connectivity index (χ1) is 18.1. The van der Waals surface area contributed by atoms with E-state index in [4.69, 9.17) is 5.41 Å². The van der Waals surface area contributed by atoms with E-state index in [1.165, 1.54) is 44.9 Å². The largest absolute Gasteiger partial charge is 0.507 e. The van der Waals surface area contributed by atoms with E-state index in [0.29, 0.717) is 23.2 Å². The molecule has 204 valence electrons. The second-order valence-electron chi connectivity index (χ2n) is 12.5. The molecule has 2 aliphatic carbocycles. The summed E-state index contributed by atoms with van der Waals surface area (Å²) in [5.74, 6) is 3.41. The number of phenolic OH excluding ortho intramolecular Hbond substituents is 1. The van der Waals surface area contributed by atoms with Crippen molar-refractivity contribution >= 4 is 18.2 Å². The van der Waals surface area contributed by atoms with Gasteiger partial charge in [-0.1, -0.05) is 32.0 Å². The van der Waals surface area contributed by atoms with E-state index < -0.39 is 0 Å². The first-order valence-electron chi connectivity index (χ1n) is 14.5. The van der Waals surface area contributed by atoms with Crippen molar-refractivity contribution in [3.8, 4) is 16.9 Å². The highest BCUT2D eigenvalue weighted by Gasteiger charge is 2.46. The standard InChI is InChI=1S/C28H34O2.C6H12N2/c1-18-8-23-9-19(2)15-28(14-18,16-23)26-13-25(11-21(4)27(26)30)24-7-5-6-22(12-24)10-20(3)17-29;1-6(7)8-4-2-3-5-8/h5-7,10-13,17-19,23,30H,8-9,14-16H2,1-4H3;7H,2-5H2,1H3/b20-10+;. The van der Waals surface area contributed by atoms with Crippen LogP contribution in [0.4, 0.5) is 0 Å². The van der Waals surface area contributed by atoms with E-state index in [2.05, 4.69) is 43.0 Å². The number of aryl methyl sites for hydroxylation is 1. The molecule has 38 heavy (non-hydrogen) atoms. The maximum absolute atomic E-state index is 11.2. The number of rotatable bonds is 4. The van der Waals surface area contributed by atoms with Crippen molar-refractivity contribution in [2.75, 3.05) is 13.1 Å². The molecule has 2 bridgehead atoms. The van der Waals surface area contributed by atoms with Crippen LogP contribution in [-0.4, -0.2) is 35.2 Å². The summed E-state index contributed by atoms with van der Waals surface area (Å²) < 4.78 is 0. The zero-order valence-corrected chi connectivity index (χ0v) is 24.0. The molecule has 1 aliphatic heterocycles. The molecule has 2 aromatic carbocycles. The topological polar surface area (TPSA) is 64.4 Å². The number of carbonyl (C=O) groups excluding carboxylic acids is 1. The van der Waals surface area contributed by atoms with Crippen molar-refractivity contribution in [1.29, 1.82) is 5.41 Å². The van der Waals surface area contributed by atoms with Crippen molar-refractivity contribution in [3.05, 3.63) is 58.7 Å². The van der Waals surface area contributed by atoms with Crippen molar-refractivity contribution in [1.82, 2.24) is 4.90 Å². The number of aldehydes is 1. The normalized spacial score (nSPS) is 26.9. The lowest BCUT2D eigenvalue weighted by Crippen LogP contribution is -2.42. The van der Waals surface area contributed by atoms with Crippen LogP contribution >= 0.6 is 0 Å². The number of carbonyl (C=O) groups is 1. The molecule has 5 rings (SSSR count). The molecule has 1 heterocycles. The van der Waals surface area contributed by atoms with Gasteiger partial charge in [0.2, 0.25) is 0 Å². The van der Waals surface area contributed by atoms with Crippen molar-refractivity contribution < 1.29 is 9.90 Å². The van der Waals surface area contributed by atoms with Crippen molar-refractivity contribution in [2.24, 2.45) is 17.8 Å². The number of fused-ring (bicyclic) bond motifs is 2. The van der Waals surface area contributed by atoms with Gasteiger partial charge in [0.25, 0.3) is 0 Å². The average molecular weight is 515 g/mol. The van der Waals surface area contributed by atoms with Gasteiger partial charge in [-0.2, -0.15) is 0 Å². The molecule has 2 saturated carbocycles. The number of phenols is 1. The lowest BCUT2D eigenvalue weighted by atomic mass is 9.54. The third-order valence-electron chi connectivity index (χ3n) is 8.88. The van der Waals surface area contributed by atoms with E-state index in [1.54, 1.807) is 0 Å². The molecule has 2 atom stereocenters. The van der Waals surface area contributed by atoms with Crippen molar-refractivity contribution in [3.63, 3.8) is 0 Å². The maximum Gasteiger partial charge on any atom is 0.145 e. The van der Waals surface area contributed by atoms with E-state index in [0.717, 1.165) is 58.9 Å². The fraction of sp³-hybridized carbons (Fsp3) is 0.529. The SMILES string of the molecule is C/C(C=O)=C\c1cccc(-c2cc(C)c(O)c(C34CC(C)CC(CC(C)C3)C4)c2)c1.CC(=N)N1CCCC1. The third kappa shape index (κ3) is 6.39. The molecular formula is C34H46N2O2. The molecule has 0 aromatic heterocycles. The minimum atomic E-state index is 0.0937. The summed E-state index contributed by atoms with van der Waals surface area (Å²) in [4.78, 5) is 13.1. The number of hydrogen-bond acceptors (Lipinski definition) is 3. The Morgan fingerprint density at radius 3 is 2.24 bits per heavy atom. The summed E-state index contributed by atoms with van der Waals surface area (Å²) in [6.07, 6.45) is 11.6. The number of aromatic hydroxyl groups is 1. The molecule has 3 fully saturated rings. The Morgan fingerprint density at radius 1 is 1.00 bits per heavy atom. The predicted octanol–water partition coefficient (Wildman–Crippen LogP) is 8.15. The summed E-state index contributed by atoms with van der Waals surface area (Å²) in [6.45, 7) is 12.7. The first kappa shape index (κ1) is 28.1. The quantitative estimate of drug-likeness (QED) is 0.187. The summed E-state index contributed by atoms with van der Waals surface area (Å²) in [6, 6.07) is 12.7. The second-order valence-corrected chi connectivity index (χ2v) is 12.5. The minimum Gasteiger partial charge on any atom is -0.507 e. The Hall–Kier alpha value is -2.88. The summed E-state index contributed by atoms with van der Waals surface area (Å²) in [7, 11) is 0. The number of likely N-dealkylation sites (tertiary alicyclic amines) is 1. The summed E-state index contributed by atoms with van der Waals surface area (Å²) in [5, 5.41) is 18.4. The Morgan fingerprint density at radius 2 is 1.66 bits per heavy atom. The van der Waals surface area contributed by atoms with Crippen LogP contribution < -0.4 is 0 Å². The van der Waals surface area contributed by atoms with Gasteiger partial charge < -0.3 is 10.0 Å². The van der Waals surface area contributed by atoms with Gasteiger partial charge >= 0.3 is 0 Å². The third-order valence-corrected chi connectivity index (χ3v) is 8.88. The highest BCUT2D eigenvalue weighted by atomic mass is 16.3. The van der Waals surface area contributed by atoms with Crippen LogP contribution in [0.3, 0.4) is 0 Å².